The molecule has 32 heavy (non-hydrogen) atoms. The average Bonchev–Trinajstić information content (AvgIpc) is 2.76. The van der Waals surface area contributed by atoms with Gasteiger partial charge in [-0.15, -0.1) is 0 Å². The third kappa shape index (κ3) is 5.33. The third-order valence-corrected chi connectivity index (χ3v) is 4.98. The van der Waals surface area contributed by atoms with Gasteiger partial charge < -0.3 is 23.9 Å². The van der Waals surface area contributed by atoms with Crippen molar-refractivity contribution in [2.45, 2.75) is 20.8 Å². The standard InChI is InChI=1S/C24H25NO7/c1-14-5-6-15(2)22(16(14)3)30-13-21(26)31-18-8-7-17-11-19(23(27)25-9-10-29-4)24(28)32-20(17)12-18/h5-8,11-12H,9-10,13H2,1-4H3,(H,25,27). The number of carbonyl (C=O) groups is 2. The van der Waals surface area contributed by atoms with Crippen LogP contribution in [0.15, 0.2) is 45.6 Å². The van der Waals surface area contributed by atoms with E-state index in [1.54, 1.807) is 12.1 Å². The molecular weight excluding hydrogens is 414 g/mol. The van der Waals surface area contributed by atoms with Crippen LogP contribution in [0.1, 0.15) is 27.0 Å². The van der Waals surface area contributed by atoms with Crippen LogP contribution in [0.25, 0.3) is 11.0 Å². The molecule has 0 bridgehead atoms. The van der Waals surface area contributed by atoms with Crippen LogP contribution < -0.4 is 20.4 Å². The SMILES string of the molecule is COCCNC(=O)c1cc2ccc(OC(=O)COc3c(C)ccc(C)c3C)cc2oc1=O. The first-order valence-electron chi connectivity index (χ1n) is 10.1. The molecule has 8 nitrogen and oxygen atoms in total. The molecule has 0 aliphatic carbocycles. The van der Waals surface area contributed by atoms with E-state index in [1.807, 2.05) is 32.9 Å². The van der Waals surface area contributed by atoms with Crippen LogP contribution in [0.4, 0.5) is 0 Å². The van der Waals surface area contributed by atoms with Crippen LogP contribution in [0, 0.1) is 20.8 Å². The molecule has 0 fully saturated rings. The number of fused-ring (bicyclic) bond motifs is 1. The van der Waals surface area contributed by atoms with E-state index in [0.29, 0.717) is 17.7 Å². The summed E-state index contributed by atoms with van der Waals surface area (Å²) in [4.78, 5) is 36.6. The lowest BCUT2D eigenvalue weighted by Gasteiger charge is -2.13. The Hall–Kier alpha value is -3.65. The van der Waals surface area contributed by atoms with Crippen LogP contribution in [0.3, 0.4) is 0 Å². The molecule has 1 aromatic heterocycles. The van der Waals surface area contributed by atoms with Gasteiger partial charge >= 0.3 is 11.6 Å². The summed E-state index contributed by atoms with van der Waals surface area (Å²) >= 11 is 0. The molecule has 1 heterocycles. The molecule has 0 atom stereocenters. The van der Waals surface area contributed by atoms with Gasteiger partial charge in [-0.05, 0) is 55.7 Å². The Labute approximate surface area is 185 Å². The van der Waals surface area contributed by atoms with Gasteiger partial charge in [0.05, 0.1) is 6.61 Å². The molecule has 0 aliphatic heterocycles. The second kappa shape index (κ2) is 10.1. The molecule has 3 rings (SSSR count). The Morgan fingerprint density at radius 2 is 1.78 bits per heavy atom. The van der Waals surface area contributed by atoms with Crippen LogP contribution in [-0.2, 0) is 9.53 Å². The molecule has 168 valence electrons. The minimum atomic E-state index is -0.787. The Balaban J connectivity index is 1.70. The molecule has 3 aromatic rings. The Bertz CT molecular complexity index is 1210. The predicted octanol–water partition coefficient (Wildman–Crippen LogP) is 3.08. The number of aryl methyl sites for hydroxylation is 2. The minimum absolute atomic E-state index is 0.115. The topological polar surface area (TPSA) is 104 Å². The van der Waals surface area contributed by atoms with Crippen LogP contribution in [0.5, 0.6) is 11.5 Å². The third-order valence-electron chi connectivity index (χ3n) is 4.98. The molecule has 0 radical (unpaired) electrons. The van der Waals surface area contributed by atoms with Crippen molar-refractivity contribution in [2.24, 2.45) is 0 Å². The highest BCUT2D eigenvalue weighted by Gasteiger charge is 2.15. The monoisotopic (exact) mass is 439 g/mol. The fraction of sp³-hybridized carbons (Fsp3) is 0.292. The summed E-state index contributed by atoms with van der Waals surface area (Å²) in [6, 6.07) is 9.93. The number of ether oxygens (including phenoxy) is 3. The van der Waals surface area contributed by atoms with Crippen molar-refractivity contribution in [2.75, 3.05) is 26.9 Å². The second-order valence-electron chi connectivity index (χ2n) is 7.31. The number of rotatable bonds is 8. The fourth-order valence-corrected chi connectivity index (χ4v) is 3.11. The number of benzene rings is 2. The summed E-state index contributed by atoms with van der Waals surface area (Å²) in [5.74, 6) is -0.291. The zero-order chi connectivity index (χ0) is 23.3. The largest absolute Gasteiger partial charge is 0.481 e. The van der Waals surface area contributed by atoms with E-state index >= 15 is 0 Å². The van der Waals surface area contributed by atoms with Crippen molar-refractivity contribution in [3.63, 3.8) is 0 Å². The summed E-state index contributed by atoms with van der Waals surface area (Å²) in [5.41, 5.74) is 2.25. The molecule has 1 amide bonds. The van der Waals surface area contributed by atoms with Crippen LogP contribution >= 0.6 is 0 Å². The maximum atomic E-state index is 12.3. The van der Waals surface area contributed by atoms with Gasteiger partial charge in [-0.2, -0.15) is 0 Å². The van der Waals surface area contributed by atoms with Gasteiger partial charge in [-0.1, -0.05) is 12.1 Å². The van der Waals surface area contributed by atoms with Crippen LogP contribution in [0.2, 0.25) is 0 Å². The first-order valence-corrected chi connectivity index (χ1v) is 10.1. The lowest BCUT2D eigenvalue weighted by atomic mass is 10.1. The number of hydrogen-bond acceptors (Lipinski definition) is 7. The van der Waals surface area contributed by atoms with Crippen molar-refractivity contribution in [3.8, 4) is 11.5 Å². The van der Waals surface area contributed by atoms with Crippen molar-refractivity contribution >= 4 is 22.8 Å². The highest BCUT2D eigenvalue weighted by atomic mass is 16.6. The maximum absolute atomic E-state index is 12.3. The highest BCUT2D eigenvalue weighted by molar-refractivity contribution is 5.96. The van der Waals surface area contributed by atoms with E-state index < -0.39 is 17.5 Å². The molecule has 8 heteroatoms. The molecule has 1 N–H and O–H groups in total. The van der Waals surface area contributed by atoms with Crippen molar-refractivity contribution in [1.29, 1.82) is 0 Å². The Kier molecular flexibility index (Phi) is 7.27. The summed E-state index contributed by atoms with van der Waals surface area (Å²) in [7, 11) is 1.51. The number of amides is 1. The maximum Gasteiger partial charge on any atom is 0.349 e. The molecular formula is C24H25NO7. The fourth-order valence-electron chi connectivity index (χ4n) is 3.11. The normalized spacial score (nSPS) is 10.8. The van der Waals surface area contributed by atoms with E-state index in [1.165, 1.54) is 19.2 Å². The predicted molar refractivity (Wildman–Crippen MR) is 118 cm³/mol. The quantitative estimate of drug-likeness (QED) is 0.249. The number of esters is 1. The lowest BCUT2D eigenvalue weighted by molar-refractivity contribution is -0.136. The summed E-state index contributed by atoms with van der Waals surface area (Å²) < 4.78 is 21.1. The van der Waals surface area contributed by atoms with E-state index in [0.717, 1.165) is 16.7 Å². The van der Waals surface area contributed by atoms with Crippen molar-refractivity contribution in [3.05, 3.63) is 69.1 Å². The van der Waals surface area contributed by atoms with Gasteiger partial charge in [0.15, 0.2) is 6.61 Å². The number of methoxy groups -OCH3 is 1. The molecule has 0 saturated carbocycles. The van der Waals surface area contributed by atoms with Crippen molar-refractivity contribution in [1.82, 2.24) is 5.32 Å². The molecule has 2 aromatic carbocycles. The lowest BCUT2D eigenvalue weighted by Crippen LogP contribution is -2.30. The molecule has 0 spiro atoms. The zero-order valence-corrected chi connectivity index (χ0v) is 18.4. The van der Waals surface area contributed by atoms with E-state index in [2.05, 4.69) is 5.32 Å². The Morgan fingerprint density at radius 1 is 1.03 bits per heavy atom. The van der Waals surface area contributed by atoms with Gasteiger partial charge in [0.2, 0.25) is 0 Å². The average molecular weight is 439 g/mol. The summed E-state index contributed by atoms with van der Waals surface area (Å²) in [6.07, 6.45) is 0. The molecule has 0 saturated heterocycles. The summed E-state index contributed by atoms with van der Waals surface area (Å²) in [5, 5.41) is 3.09. The van der Waals surface area contributed by atoms with Gasteiger partial charge in [-0.3, -0.25) is 4.79 Å². The van der Waals surface area contributed by atoms with Crippen LogP contribution in [-0.4, -0.2) is 38.7 Å². The Morgan fingerprint density at radius 3 is 2.53 bits per heavy atom. The first kappa shape index (κ1) is 23.0. The first-order chi connectivity index (χ1) is 15.3. The van der Waals surface area contributed by atoms with E-state index in [9.17, 15) is 14.4 Å². The smallest absolute Gasteiger partial charge is 0.349 e. The van der Waals surface area contributed by atoms with Gasteiger partial charge in [0.25, 0.3) is 5.91 Å². The molecule has 0 unspecified atom stereocenters. The molecule has 0 aliphatic rings. The van der Waals surface area contributed by atoms with Gasteiger partial charge in [0.1, 0.15) is 22.6 Å². The second-order valence-corrected chi connectivity index (χ2v) is 7.31. The van der Waals surface area contributed by atoms with Crippen molar-refractivity contribution < 1.29 is 28.2 Å². The van der Waals surface area contributed by atoms with E-state index in [-0.39, 0.29) is 30.0 Å². The highest BCUT2D eigenvalue weighted by Crippen LogP contribution is 2.26. The van der Waals surface area contributed by atoms with E-state index in [4.69, 9.17) is 18.6 Å². The number of hydrogen-bond donors (Lipinski definition) is 1. The summed E-state index contributed by atoms with van der Waals surface area (Å²) in [6.45, 7) is 6.13. The number of carbonyl (C=O) groups excluding carboxylic acids is 2. The van der Waals surface area contributed by atoms with Gasteiger partial charge in [-0.25, -0.2) is 9.59 Å². The zero-order valence-electron chi connectivity index (χ0n) is 18.4. The van der Waals surface area contributed by atoms with Gasteiger partial charge in [0, 0.05) is 25.1 Å². The minimum Gasteiger partial charge on any atom is -0.481 e. The number of nitrogens with one attached hydrogen (secondary N) is 1.